The molecule has 178 valence electrons. The van der Waals surface area contributed by atoms with Crippen molar-refractivity contribution >= 4 is 60.7 Å². The lowest BCUT2D eigenvalue weighted by molar-refractivity contribution is -0.132. The molecule has 6 rings (SSSR count). The largest absolute Gasteiger partial charge is 0.507 e. The Morgan fingerprint density at radius 3 is 2.47 bits per heavy atom. The van der Waals surface area contributed by atoms with E-state index in [9.17, 15) is 14.7 Å². The number of nitrogens with one attached hydrogen (secondary N) is 1. The lowest BCUT2D eigenvalue weighted by Crippen LogP contribution is -2.29. The van der Waals surface area contributed by atoms with Crippen LogP contribution in [0.15, 0.2) is 84.6 Å². The first-order valence-electron chi connectivity index (χ1n) is 11.4. The van der Waals surface area contributed by atoms with Gasteiger partial charge in [-0.25, -0.2) is 4.98 Å². The number of aliphatic hydroxyl groups is 1. The first-order valence-corrected chi connectivity index (χ1v) is 12.3. The molecule has 1 amide bonds. The maximum atomic E-state index is 13.5. The number of amides is 1. The topological polar surface area (TPSA) is 89.5 Å². The van der Waals surface area contributed by atoms with Crippen LogP contribution in [-0.2, 0) is 9.59 Å². The number of hydrogen-bond donors (Lipinski definition) is 2. The average molecular weight is 495 g/mol. The fourth-order valence-corrected chi connectivity index (χ4v) is 5.67. The minimum absolute atomic E-state index is 0.0432. The second-order valence-corrected chi connectivity index (χ2v) is 9.88. The number of hydrogen-bond acceptors (Lipinski definition) is 6. The summed E-state index contributed by atoms with van der Waals surface area (Å²) >= 11 is 1.34. The number of carbonyl (C=O) groups excluding carboxylic acids is 2. The molecule has 0 radical (unpaired) electrons. The zero-order valence-corrected chi connectivity index (χ0v) is 20.4. The van der Waals surface area contributed by atoms with Gasteiger partial charge >= 0.3 is 5.91 Å². The monoisotopic (exact) mass is 494 g/mol. The van der Waals surface area contributed by atoms with Crippen molar-refractivity contribution in [1.82, 2.24) is 9.97 Å². The highest BCUT2D eigenvalue weighted by Gasteiger charge is 2.48. The minimum Gasteiger partial charge on any atom is -0.507 e. The van der Waals surface area contributed by atoms with Gasteiger partial charge in [-0.3, -0.25) is 14.5 Å². The Morgan fingerprint density at radius 2 is 1.72 bits per heavy atom. The number of Topliss-reactive ketones (excluding diaryl/α,β-unsaturated/α-hetero) is 1. The van der Waals surface area contributed by atoms with Gasteiger partial charge in [0.15, 0.2) is 5.13 Å². The van der Waals surface area contributed by atoms with Crippen molar-refractivity contribution in [2.75, 3.05) is 23.9 Å². The molecule has 7 nitrogen and oxygen atoms in total. The number of aromatic amines is 1. The molecule has 0 bridgehead atoms. The van der Waals surface area contributed by atoms with Gasteiger partial charge in [-0.05, 0) is 35.9 Å². The molecule has 0 aliphatic carbocycles. The number of carbonyl (C=O) groups is 2. The molecule has 1 saturated heterocycles. The van der Waals surface area contributed by atoms with E-state index in [0.29, 0.717) is 16.3 Å². The number of para-hydroxylation sites is 2. The van der Waals surface area contributed by atoms with Gasteiger partial charge in [0.25, 0.3) is 5.78 Å². The Hall–Kier alpha value is -4.43. The molecule has 0 saturated carbocycles. The Balaban J connectivity index is 1.58. The van der Waals surface area contributed by atoms with Crippen molar-refractivity contribution in [3.63, 3.8) is 0 Å². The number of ketones is 1. The van der Waals surface area contributed by atoms with Crippen LogP contribution >= 0.6 is 11.3 Å². The zero-order valence-electron chi connectivity index (χ0n) is 19.6. The first kappa shape index (κ1) is 22.1. The molecule has 3 aromatic carbocycles. The van der Waals surface area contributed by atoms with Gasteiger partial charge in [0.2, 0.25) is 0 Å². The van der Waals surface area contributed by atoms with Crippen LogP contribution in [0.1, 0.15) is 17.2 Å². The average Bonchev–Trinajstić information content (AvgIpc) is 3.58. The maximum Gasteiger partial charge on any atom is 0.301 e. The fourth-order valence-electron chi connectivity index (χ4n) is 4.68. The van der Waals surface area contributed by atoms with Gasteiger partial charge in [-0.15, -0.1) is 0 Å². The summed E-state index contributed by atoms with van der Waals surface area (Å²) in [6, 6.07) is 21.9. The molecule has 2 aromatic heterocycles. The third kappa shape index (κ3) is 3.37. The van der Waals surface area contributed by atoms with Crippen molar-refractivity contribution < 1.29 is 14.7 Å². The smallest absolute Gasteiger partial charge is 0.301 e. The number of thiazole rings is 1. The van der Waals surface area contributed by atoms with Crippen LogP contribution in [0.25, 0.3) is 26.9 Å². The van der Waals surface area contributed by atoms with E-state index in [-0.39, 0.29) is 11.3 Å². The summed E-state index contributed by atoms with van der Waals surface area (Å²) in [6.07, 6.45) is 1.66. The molecule has 0 spiro atoms. The van der Waals surface area contributed by atoms with Gasteiger partial charge in [-0.1, -0.05) is 53.8 Å². The van der Waals surface area contributed by atoms with Crippen LogP contribution in [0.2, 0.25) is 0 Å². The van der Waals surface area contributed by atoms with Crippen molar-refractivity contribution in [3.8, 4) is 0 Å². The van der Waals surface area contributed by atoms with Crippen LogP contribution in [-0.4, -0.2) is 40.9 Å². The number of H-pyrrole nitrogens is 1. The Morgan fingerprint density at radius 1 is 1.00 bits per heavy atom. The second kappa shape index (κ2) is 8.35. The third-order valence-electron chi connectivity index (χ3n) is 6.50. The van der Waals surface area contributed by atoms with E-state index < -0.39 is 17.7 Å². The summed E-state index contributed by atoms with van der Waals surface area (Å²) in [4.78, 5) is 38.1. The lowest BCUT2D eigenvalue weighted by Gasteiger charge is -2.23. The molecule has 1 unspecified atom stereocenters. The Kier molecular flexibility index (Phi) is 5.12. The lowest BCUT2D eigenvalue weighted by atomic mass is 9.95. The van der Waals surface area contributed by atoms with Gasteiger partial charge in [0.05, 0.1) is 21.8 Å². The van der Waals surface area contributed by atoms with Gasteiger partial charge in [-0.2, -0.15) is 0 Å². The summed E-state index contributed by atoms with van der Waals surface area (Å²) in [5.41, 5.74) is 3.78. The van der Waals surface area contributed by atoms with Crippen molar-refractivity contribution in [1.29, 1.82) is 0 Å². The normalized spacial score (nSPS) is 17.4. The van der Waals surface area contributed by atoms with Crippen LogP contribution < -0.4 is 9.80 Å². The van der Waals surface area contributed by atoms with Crippen molar-refractivity contribution in [2.24, 2.45) is 0 Å². The van der Waals surface area contributed by atoms with Crippen molar-refractivity contribution in [2.45, 2.75) is 6.04 Å². The highest BCUT2D eigenvalue weighted by molar-refractivity contribution is 7.22. The van der Waals surface area contributed by atoms with Gasteiger partial charge < -0.3 is 15.0 Å². The van der Waals surface area contributed by atoms with Crippen LogP contribution in [0.5, 0.6) is 0 Å². The number of fused-ring (bicyclic) bond motifs is 2. The molecule has 8 heteroatoms. The standard InChI is InChI=1S/C28H22N4O3S/c1-31(2)17-13-11-16(12-14-17)24-23(25(33)19-15-29-20-8-4-3-7-18(19)20)26(34)27(35)32(24)28-30-21-9-5-6-10-22(21)36-28/h3-15,24,29,33H,1-2H3/b25-23+. The number of aromatic nitrogens is 2. The molecule has 36 heavy (non-hydrogen) atoms. The van der Waals surface area contributed by atoms with E-state index in [4.69, 9.17) is 0 Å². The summed E-state index contributed by atoms with van der Waals surface area (Å²) < 4.78 is 0.910. The van der Waals surface area contributed by atoms with E-state index in [1.807, 2.05) is 91.8 Å². The van der Waals surface area contributed by atoms with Gasteiger partial charge in [0, 0.05) is 42.4 Å². The Labute approximate surface area is 210 Å². The SMILES string of the molecule is CN(C)c1ccc(C2/C(=C(\O)c3c[nH]c4ccccc34)C(=O)C(=O)N2c2nc3ccccc3s2)cc1. The van der Waals surface area contributed by atoms with Crippen LogP contribution in [0.3, 0.4) is 0 Å². The number of nitrogens with zero attached hydrogens (tertiary/aromatic N) is 3. The maximum absolute atomic E-state index is 13.5. The highest BCUT2D eigenvalue weighted by Crippen LogP contribution is 2.45. The summed E-state index contributed by atoms with van der Waals surface area (Å²) in [7, 11) is 3.89. The van der Waals surface area contributed by atoms with Crippen LogP contribution in [0.4, 0.5) is 10.8 Å². The van der Waals surface area contributed by atoms with E-state index in [2.05, 4.69) is 9.97 Å². The van der Waals surface area contributed by atoms with E-state index in [0.717, 1.165) is 26.8 Å². The third-order valence-corrected chi connectivity index (χ3v) is 7.54. The quantitative estimate of drug-likeness (QED) is 0.196. The second-order valence-electron chi connectivity index (χ2n) is 8.87. The summed E-state index contributed by atoms with van der Waals surface area (Å²) in [5, 5.41) is 12.7. The predicted molar refractivity (Wildman–Crippen MR) is 143 cm³/mol. The minimum atomic E-state index is -0.824. The molecule has 1 aliphatic rings. The van der Waals surface area contributed by atoms with Gasteiger partial charge in [0.1, 0.15) is 5.76 Å². The number of anilines is 2. The molecule has 1 fully saturated rings. The first-order chi connectivity index (χ1) is 17.4. The molecule has 1 atom stereocenters. The number of rotatable bonds is 4. The Bertz CT molecular complexity index is 1650. The van der Waals surface area contributed by atoms with Crippen LogP contribution in [0, 0.1) is 0 Å². The van der Waals surface area contributed by atoms with E-state index >= 15 is 0 Å². The van der Waals surface area contributed by atoms with Crippen molar-refractivity contribution in [3.05, 3.63) is 95.7 Å². The highest BCUT2D eigenvalue weighted by atomic mass is 32.1. The molecule has 1 aliphatic heterocycles. The van der Waals surface area contributed by atoms with E-state index in [1.54, 1.807) is 6.20 Å². The molecule has 2 N–H and O–H groups in total. The number of benzene rings is 3. The zero-order chi connectivity index (χ0) is 25.0. The fraction of sp³-hybridized carbons (Fsp3) is 0.107. The summed E-state index contributed by atoms with van der Waals surface area (Å²) in [5.74, 6) is -1.66. The molecular formula is C28H22N4O3S. The molecule has 3 heterocycles. The molecular weight excluding hydrogens is 472 g/mol. The number of aliphatic hydroxyl groups excluding tert-OH is 1. The predicted octanol–water partition coefficient (Wildman–Crippen LogP) is 5.47. The van der Waals surface area contributed by atoms with E-state index in [1.165, 1.54) is 16.2 Å². The molecule has 5 aromatic rings. The summed E-state index contributed by atoms with van der Waals surface area (Å²) in [6.45, 7) is 0.